The van der Waals surface area contributed by atoms with Crippen LogP contribution in [0.4, 0.5) is 0 Å². The first-order valence-electron chi connectivity index (χ1n) is 7.26. The van der Waals surface area contributed by atoms with Crippen LogP contribution in [-0.2, 0) is 4.79 Å². The van der Waals surface area contributed by atoms with Crippen LogP contribution < -0.4 is 5.32 Å². The number of rotatable bonds is 4. The standard InChI is InChI=1S/C14H26N2O.ClH/c1-16(13-7-3-2-4-8-13)14(17)10-9-12-6-5-11-15-12;/h12-13,15H,2-11H2,1H3;1H. The molecule has 1 saturated carbocycles. The second kappa shape index (κ2) is 8.00. The molecular formula is C14H27ClN2O. The quantitative estimate of drug-likeness (QED) is 0.855. The van der Waals surface area contributed by atoms with Gasteiger partial charge in [0.1, 0.15) is 0 Å². The summed E-state index contributed by atoms with van der Waals surface area (Å²) in [6.07, 6.45) is 10.6. The first-order chi connectivity index (χ1) is 8.27. The summed E-state index contributed by atoms with van der Waals surface area (Å²) in [5, 5.41) is 3.46. The summed E-state index contributed by atoms with van der Waals surface area (Å²) in [6, 6.07) is 1.12. The van der Waals surface area contributed by atoms with Crippen molar-refractivity contribution in [2.24, 2.45) is 0 Å². The highest BCUT2D eigenvalue weighted by atomic mass is 35.5. The fourth-order valence-corrected chi connectivity index (χ4v) is 3.15. The van der Waals surface area contributed by atoms with Gasteiger partial charge in [-0.05, 0) is 38.6 Å². The van der Waals surface area contributed by atoms with Crippen LogP contribution in [0, 0.1) is 0 Å². The van der Waals surface area contributed by atoms with Gasteiger partial charge in [0.15, 0.2) is 0 Å². The number of carbonyl (C=O) groups excluding carboxylic acids is 1. The highest BCUT2D eigenvalue weighted by Crippen LogP contribution is 2.22. The van der Waals surface area contributed by atoms with E-state index in [0.717, 1.165) is 19.4 Å². The van der Waals surface area contributed by atoms with Crippen molar-refractivity contribution >= 4 is 18.3 Å². The maximum Gasteiger partial charge on any atom is 0.222 e. The van der Waals surface area contributed by atoms with E-state index in [2.05, 4.69) is 5.32 Å². The molecular weight excluding hydrogens is 248 g/mol. The van der Waals surface area contributed by atoms with Gasteiger partial charge in [0.05, 0.1) is 0 Å². The van der Waals surface area contributed by atoms with Gasteiger partial charge in [0.2, 0.25) is 5.91 Å². The van der Waals surface area contributed by atoms with Crippen molar-refractivity contribution in [3.63, 3.8) is 0 Å². The number of halogens is 1. The van der Waals surface area contributed by atoms with Gasteiger partial charge < -0.3 is 10.2 Å². The SMILES string of the molecule is CN(C(=O)CCC1CCCN1)C1CCCCC1.Cl. The van der Waals surface area contributed by atoms with Crippen LogP contribution in [0.1, 0.15) is 57.8 Å². The predicted molar refractivity (Wildman–Crippen MR) is 77.1 cm³/mol. The van der Waals surface area contributed by atoms with E-state index in [0.29, 0.717) is 18.0 Å². The summed E-state index contributed by atoms with van der Waals surface area (Å²) in [6.45, 7) is 1.14. The molecule has 1 N–H and O–H groups in total. The molecule has 106 valence electrons. The van der Waals surface area contributed by atoms with Gasteiger partial charge in [-0.2, -0.15) is 0 Å². The minimum atomic E-state index is 0. The van der Waals surface area contributed by atoms with Gasteiger partial charge in [-0.25, -0.2) is 0 Å². The molecule has 1 unspecified atom stereocenters. The highest BCUT2D eigenvalue weighted by molar-refractivity contribution is 5.85. The molecule has 0 radical (unpaired) electrons. The Morgan fingerprint density at radius 1 is 1.17 bits per heavy atom. The van der Waals surface area contributed by atoms with E-state index in [9.17, 15) is 4.79 Å². The number of amides is 1. The molecule has 2 fully saturated rings. The molecule has 0 aromatic carbocycles. The number of nitrogens with one attached hydrogen (secondary N) is 1. The molecule has 1 atom stereocenters. The van der Waals surface area contributed by atoms with Crippen LogP contribution in [-0.4, -0.2) is 36.5 Å². The van der Waals surface area contributed by atoms with Crippen LogP contribution in [0.2, 0.25) is 0 Å². The second-order valence-electron chi connectivity index (χ2n) is 5.63. The van der Waals surface area contributed by atoms with E-state index < -0.39 is 0 Å². The van der Waals surface area contributed by atoms with Crippen LogP contribution in [0.5, 0.6) is 0 Å². The molecule has 4 heteroatoms. The lowest BCUT2D eigenvalue weighted by atomic mass is 9.94. The fourth-order valence-electron chi connectivity index (χ4n) is 3.15. The molecule has 0 spiro atoms. The molecule has 1 saturated heterocycles. The minimum absolute atomic E-state index is 0. The average Bonchev–Trinajstić information content (AvgIpc) is 2.89. The summed E-state index contributed by atoms with van der Waals surface area (Å²) < 4.78 is 0. The fraction of sp³-hybridized carbons (Fsp3) is 0.929. The Kier molecular flexibility index (Phi) is 7.02. The van der Waals surface area contributed by atoms with Crippen molar-refractivity contribution in [3.05, 3.63) is 0 Å². The van der Waals surface area contributed by atoms with Crippen molar-refractivity contribution in [3.8, 4) is 0 Å². The summed E-state index contributed by atoms with van der Waals surface area (Å²) in [4.78, 5) is 14.1. The minimum Gasteiger partial charge on any atom is -0.343 e. The zero-order valence-corrected chi connectivity index (χ0v) is 12.3. The Bertz CT molecular complexity index is 248. The Balaban J connectivity index is 0.00000162. The summed E-state index contributed by atoms with van der Waals surface area (Å²) in [5.41, 5.74) is 0. The van der Waals surface area contributed by atoms with Crippen molar-refractivity contribution in [1.29, 1.82) is 0 Å². The molecule has 0 bridgehead atoms. The molecule has 1 heterocycles. The maximum absolute atomic E-state index is 12.1. The largest absolute Gasteiger partial charge is 0.343 e. The van der Waals surface area contributed by atoms with Crippen molar-refractivity contribution in [1.82, 2.24) is 10.2 Å². The lowest BCUT2D eigenvalue weighted by Gasteiger charge is -2.31. The first kappa shape index (κ1) is 15.8. The molecule has 18 heavy (non-hydrogen) atoms. The number of nitrogens with zero attached hydrogens (tertiary/aromatic N) is 1. The molecule has 1 aliphatic heterocycles. The van der Waals surface area contributed by atoms with Gasteiger partial charge in [-0.3, -0.25) is 4.79 Å². The Hall–Kier alpha value is -0.280. The molecule has 1 aliphatic carbocycles. The Morgan fingerprint density at radius 2 is 1.89 bits per heavy atom. The van der Waals surface area contributed by atoms with Crippen LogP contribution in [0.15, 0.2) is 0 Å². The van der Waals surface area contributed by atoms with E-state index in [1.807, 2.05) is 11.9 Å². The van der Waals surface area contributed by atoms with E-state index in [-0.39, 0.29) is 12.4 Å². The third-order valence-electron chi connectivity index (χ3n) is 4.38. The van der Waals surface area contributed by atoms with Crippen molar-refractivity contribution < 1.29 is 4.79 Å². The Labute approximate surface area is 117 Å². The lowest BCUT2D eigenvalue weighted by Crippen LogP contribution is -2.38. The van der Waals surface area contributed by atoms with Crippen LogP contribution >= 0.6 is 12.4 Å². The molecule has 3 nitrogen and oxygen atoms in total. The van der Waals surface area contributed by atoms with Crippen LogP contribution in [0.3, 0.4) is 0 Å². The average molecular weight is 275 g/mol. The first-order valence-corrected chi connectivity index (χ1v) is 7.26. The topological polar surface area (TPSA) is 32.3 Å². The third kappa shape index (κ3) is 4.43. The van der Waals surface area contributed by atoms with Gasteiger partial charge in [0, 0.05) is 25.6 Å². The van der Waals surface area contributed by atoms with Crippen molar-refractivity contribution in [2.75, 3.05) is 13.6 Å². The van der Waals surface area contributed by atoms with E-state index >= 15 is 0 Å². The predicted octanol–water partition coefficient (Wildman–Crippen LogP) is 2.73. The molecule has 1 amide bonds. The monoisotopic (exact) mass is 274 g/mol. The molecule has 2 rings (SSSR count). The van der Waals surface area contributed by atoms with Gasteiger partial charge >= 0.3 is 0 Å². The van der Waals surface area contributed by atoms with E-state index in [1.165, 1.54) is 44.9 Å². The zero-order valence-electron chi connectivity index (χ0n) is 11.5. The molecule has 0 aromatic heterocycles. The number of hydrogen-bond acceptors (Lipinski definition) is 2. The van der Waals surface area contributed by atoms with E-state index in [1.54, 1.807) is 0 Å². The highest BCUT2D eigenvalue weighted by Gasteiger charge is 2.23. The van der Waals surface area contributed by atoms with Crippen LogP contribution in [0.25, 0.3) is 0 Å². The molecule has 0 aromatic rings. The smallest absolute Gasteiger partial charge is 0.222 e. The summed E-state index contributed by atoms with van der Waals surface area (Å²) >= 11 is 0. The number of carbonyl (C=O) groups is 1. The zero-order chi connectivity index (χ0) is 12.1. The number of hydrogen-bond donors (Lipinski definition) is 1. The molecule has 2 aliphatic rings. The van der Waals surface area contributed by atoms with Gasteiger partial charge in [0.25, 0.3) is 0 Å². The van der Waals surface area contributed by atoms with Gasteiger partial charge in [-0.15, -0.1) is 12.4 Å². The Morgan fingerprint density at radius 3 is 2.50 bits per heavy atom. The van der Waals surface area contributed by atoms with Crippen molar-refractivity contribution in [2.45, 2.75) is 69.9 Å². The third-order valence-corrected chi connectivity index (χ3v) is 4.38. The second-order valence-corrected chi connectivity index (χ2v) is 5.63. The maximum atomic E-state index is 12.1. The summed E-state index contributed by atoms with van der Waals surface area (Å²) in [7, 11) is 2.00. The normalized spacial score (nSPS) is 24.6. The van der Waals surface area contributed by atoms with E-state index in [4.69, 9.17) is 0 Å². The van der Waals surface area contributed by atoms with Gasteiger partial charge in [-0.1, -0.05) is 19.3 Å². The lowest BCUT2D eigenvalue weighted by molar-refractivity contribution is -0.132. The summed E-state index contributed by atoms with van der Waals surface area (Å²) in [5.74, 6) is 0.352.